The SMILES string of the molecule is OSn1ccnn1. The van der Waals surface area contributed by atoms with Gasteiger partial charge in [0.05, 0.1) is 12.4 Å². The molecule has 1 aromatic heterocycles. The maximum atomic E-state index is 8.20. The van der Waals surface area contributed by atoms with E-state index in [0.717, 1.165) is 0 Å². The lowest BCUT2D eigenvalue weighted by Gasteiger charge is -1.81. The fraction of sp³-hybridized carbons (Fsp3) is 0. The number of hydrogen-bond acceptors (Lipinski definition) is 4. The molecule has 0 spiro atoms. The lowest BCUT2D eigenvalue weighted by Crippen LogP contribution is -1.83. The molecule has 0 saturated carbocycles. The summed E-state index contributed by atoms with van der Waals surface area (Å²) in [7, 11) is 0. The van der Waals surface area contributed by atoms with E-state index in [1.165, 1.54) is 10.3 Å². The standard InChI is InChI=1S/C2H3N3OS/c6-7-5-2-1-3-4-5/h1-2,6H. The van der Waals surface area contributed by atoms with Crippen LogP contribution in [0.25, 0.3) is 0 Å². The zero-order valence-electron chi connectivity index (χ0n) is 3.35. The number of nitrogens with zero attached hydrogens (tertiary/aromatic N) is 3. The summed E-state index contributed by atoms with van der Waals surface area (Å²) < 4.78 is 9.44. The van der Waals surface area contributed by atoms with E-state index in [9.17, 15) is 0 Å². The Bertz CT molecular complexity index is 127. The van der Waals surface area contributed by atoms with Crippen LogP contribution in [0.3, 0.4) is 0 Å². The molecule has 7 heavy (non-hydrogen) atoms. The van der Waals surface area contributed by atoms with E-state index in [1.807, 2.05) is 0 Å². The molecule has 0 amide bonds. The average molecular weight is 117 g/mol. The summed E-state index contributed by atoms with van der Waals surface area (Å²) in [5, 5.41) is 6.84. The van der Waals surface area contributed by atoms with Gasteiger partial charge in [0.2, 0.25) is 0 Å². The van der Waals surface area contributed by atoms with Crippen molar-refractivity contribution in [2.24, 2.45) is 0 Å². The van der Waals surface area contributed by atoms with Crippen LogP contribution >= 0.6 is 12.2 Å². The van der Waals surface area contributed by atoms with Gasteiger partial charge < -0.3 is 4.55 Å². The number of hydrogen-bond donors (Lipinski definition) is 1. The molecule has 1 aromatic rings. The zero-order chi connectivity index (χ0) is 5.11. The van der Waals surface area contributed by atoms with Crippen LogP contribution < -0.4 is 0 Å². The third-order valence-electron chi connectivity index (χ3n) is 0.484. The maximum absolute atomic E-state index is 8.20. The van der Waals surface area contributed by atoms with Crippen molar-refractivity contribution < 1.29 is 4.55 Å². The highest BCUT2D eigenvalue weighted by atomic mass is 32.2. The van der Waals surface area contributed by atoms with Crippen molar-refractivity contribution in [2.45, 2.75) is 0 Å². The molecule has 1 heterocycles. The Kier molecular flexibility index (Phi) is 1.28. The van der Waals surface area contributed by atoms with Crippen LogP contribution in [-0.2, 0) is 0 Å². The minimum Gasteiger partial charge on any atom is -0.311 e. The van der Waals surface area contributed by atoms with Gasteiger partial charge in [-0.15, -0.1) is 5.10 Å². The molecule has 0 saturated heterocycles. The fourth-order valence-corrected chi connectivity index (χ4v) is 0.425. The van der Waals surface area contributed by atoms with Crippen LogP contribution in [0.1, 0.15) is 0 Å². The molecule has 0 radical (unpaired) electrons. The Balaban J connectivity index is 2.76. The minimum absolute atomic E-state index is 0.519. The Morgan fingerprint density at radius 2 is 2.57 bits per heavy atom. The van der Waals surface area contributed by atoms with E-state index in [4.69, 9.17) is 4.55 Å². The van der Waals surface area contributed by atoms with Gasteiger partial charge in [0.25, 0.3) is 0 Å². The maximum Gasteiger partial charge on any atom is 0.135 e. The van der Waals surface area contributed by atoms with Gasteiger partial charge in [-0.25, -0.2) is 0 Å². The predicted molar refractivity (Wildman–Crippen MR) is 25.6 cm³/mol. The fourth-order valence-electron chi connectivity index (χ4n) is 0.241. The quantitative estimate of drug-likeness (QED) is 0.535. The van der Waals surface area contributed by atoms with Crippen molar-refractivity contribution in [1.29, 1.82) is 0 Å². The van der Waals surface area contributed by atoms with E-state index in [1.54, 1.807) is 6.20 Å². The van der Waals surface area contributed by atoms with Crippen LogP contribution in [0.5, 0.6) is 0 Å². The van der Waals surface area contributed by atoms with Gasteiger partial charge in [0.15, 0.2) is 0 Å². The molecule has 0 aromatic carbocycles. The second-order valence-corrected chi connectivity index (χ2v) is 1.42. The van der Waals surface area contributed by atoms with Crippen molar-refractivity contribution in [2.75, 3.05) is 0 Å². The van der Waals surface area contributed by atoms with E-state index < -0.39 is 0 Å². The van der Waals surface area contributed by atoms with Gasteiger partial charge in [-0.2, -0.15) is 4.09 Å². The third kappa shape index (κ3) is 0.908. The first-order valence-electron chi connectivity index (χ1n) is 1.61. The first-order valence-corrected chi connectivity index (χ1v) is 2.35. The van der Waals surface area contributed by atoms with Crippen molar-refractivity contribution in [1.82, 2.24) is 14.4 Å². The highest BCUT2D eigenvalue weighted by Crippen LogP contribution is 1.91. The van der Waals surface area contributed by atoms with Crippen LogP contribution in [0, 0.1) is 0 Å². The zero-order valence-corrected chi connectivity index (χ0v) is 4.17. The average Bonchev–Trinajstić information content (AvgIpc) is 2.14. The number of aromatic nitrogens is 3. The topological polar surface area (TPSA) is 50.9 Å². The molecule has 4 nitrogen and oxygen atoms in total. The first kappa shape index (κ1) is 4.61. The molecular weight excluding hydrogens is 114 g/mol. The lowest BCUT2D eigenvalue weighted by atomic mass is 11.0. The Morgan fingerprint density at radius 1 is 1.71 bits per heavy atom. The predicted octanol–water partition coefficient (Wildman–Crippen LogP) is 0.247. The van der Waals surface area contributed by atoms with Crippen molar-refractivity contribution >= 4 is 12.2 Å². The summed E-state index contributed by atoms with van der Waals surface area (Å²) in [6.07, 6.45) is 3.04. The third-order valence-corrected chi connectivity index (χ3v) is 0.846. The number of rotatable bonds is 1. The Hall–Kier alpha value is -0.550. The molecule has 0 bridgehead atoms. The van der Waals surface area contributed by atoms with Crippen LogP contribution in [0.4, 0.5) is 0 Å². The van der Waals surface area contributed by atoms with Crippen LogP contribution in [0.2, 0.25) is 0 Å². The van der Waals surface area contributed by atoms with E-state index in [2.05, 4.69) is 10.3 Å². The second-order valence-electron chi connectivity index (χ2n) is 0.887. The molecule has 1 rings (SSSR count). The minimum atomic E-state index is 0.519. The van der Waals surface area contributed by atoms with Crippen molar-refractivity contribution in [3.8, 4) is 0 Å². The van der Waals surface area contributed by atoms with Gasteiger partial charge in [-0.1, -0.05) is 5.21 Å². The Morgan fingerprint density at radius 3 is 2.86 bits per heavy atom. The summed E-state index contributed by atoms with van der Waals surface area (Å²) in [5.41, 5.74) is 0. The Labute approximate surface area is 44.5 Å². The molecule has 0 fully saturated rings. The summed E-state index contributed by atoms with van der Waals surface area (Å²) in [4.78, 5) is 0. The molecule has 38 valence electrons. The lowest BCUT2D eigenvalue weighted by molar-refractivity contribution is 0.644. The molecule has 1 N–H and O–H groups in total. The molecule has 0 atom stereocenters. The van der Waals surface area contributed by atoms with E-state index in [-0.39, 0.29) is 0 Å². The largest absolute Gasteiger partial charge is 0.311 e. The summed E-state index contributed by atoms with van der Waals surface area (Å²) in [6, 6.07) is 0. The molecular formula is C2H3N3OS. The monoisotopic (exact) mass is 117 g/mol. The van der Waals surface area contributed by atoms with E-state index >= 15 is 0 Å². The summed E-state index contributed by atoms with van der Waals surface area (Å²) in [5.74, 6) is 0. The first-order chi connectivity index (χ1) is 3.43. The smallest absolute Gasteiger partial charge is 0.135 e. The van der Waals surface area contributed by atoms with Crippen LogP contribution in [-0.4, -0.2) is 19.0 Å². The second kappa shape index (κ2) is 1.94. The normalized spacial score (nSPS) is 9.29. The highest BCUT2D eigenvalue weighted by molar-refractivity contribution is 7.92. The molecule has 0 unspecified atom stereocenters. The highest BCUT2D eigenvalue weighted by Gasteiger charge is 1.82. The van der Waals surface area contributed by atoms with E-state index in [0.29, 0.717) is 12.2 Å². The van der Waals surface area contributed by atoms with Gasteiger partial charge in [-0.05, 0) is 0 Å². The molecule has 5 heteroatoms. The van der Waals surface area contributed by atoms with Crippen molar-refractivity contribution in [3.05, 3.63) is 12.4 Å². The van der Waals surface area contributed by atoms with Crippen LogP contribution in [0.15, 0.2) is 12.4 Å². The summed E-state index contributed by atoms with van der Waals surface area (Å²) >= 11 is 0.519. The van der Waals surface area contributed by atoms with Crippen molar-refractivity contribution in [3.63, 3.8) is 0 Å². The van der Waals surface area contributed by atoms with Gasteiger partial charge >= 0.3 is 0 Å². The van der Waals surface area contributed by atoms with Gasteiger partial charge in [-0.3, -0.25) is 0 Å². The summed E-state index contributed by atoms with van der Waals surface area (Å²) in [6.45, 7) is 0. The molecule has 0 aliphatic rings. The van der Waals surface area contributed by atoms with Gasteiger partial charge in [0.1, 0.15) is 12.2 Å². The molecule has 0 aliphatic heterocycles. The van der Waals surface area contributed by atoms with Gasteiger partial charge in [0, 0.05) is 0 Å². The molecule has 0 aliphatic carbocycles.